The van der Waals surface area contributed by atoms with Crippen molar-refractivity contribution in [2.45, 2.75) is 13.8 Å². The molecule has 12 heteroatoms. The molecule has 0 fully saturated rings. The lowest BCUT2D eigenvalue weighted by molar-refractivity contribution is -0.143. The molecule has 0 aliphatic carbocycles. The predicted octanol–water partition coefficient (Wildman–Crippen LogP) is 0.549. The number of aromatic nitrogens is 1. The Morgan fingerprint density at radius 1 is 1.13 bits per heavy atom. The highest BCUT2D eigenvalue weighted by Gasteiger charge is 2.27. The van der Waals surface area contributed by atoms with Gasteiger partial charge >= 0.3 is 5.97 Å². The van der Waals surface area contributed by atoms with Crippen LogP contribution in [0.4, 0.5) is 11.4 Å². The van der Waals surface area contributed by atoms with Crippen LogP contribution in [-0.2, 0) is 14.3 Å². The number of nitrogens with one attached hydrogen (secondary N) is 1. The quantitative estimate of drug-likeness (QED) is 0.442. The molecule has 0 saturated heterocycles. The second kappa shape index (κ2) is 10.9. The van der Waals surface area contributed by atoms with Crippen LogP contribution in [0.5, 0.6) is 5.75 Å². The van der Waals surface area contributed by atoms with E-state index >= 15 is 0 Å². The van der Waals surface area contributed by atoms with E-state index in [-0.39, 0.29) is 29.4 Å². The molecule has 1 aromatic heterocycles. The largest absolute Gasteiger partial charge is 0.494 e. The van der Waals surface area contributed by atoms with E-state index in [0.29, 0.717) is 29.6 Å². The van der Waals surface area contributed by atoms with Gasteiger partial charge in [-0.05, 0) is 49.6 Å². The van der Waals surface area contributed by atoms with Crippen molar-refractivity contribution in [3.63, 3.8) is 0 Å². The molecule has 2 rings (SSSR count). The minimum Gasteiger partial charge on any atom is -0.494 e. The third-order valence-corrected chi connectivity index (χ3v) is 4.75. The van der Waals surface area contributed by atoms with E-state index < -0.39 is 30.2 Å². The van der Waals surface area contributed by atoms with E-state index in [4.69, 9.17) is 20.9 Å². The summed E-state index contributed by atoms with van der Waals surface area (Å²) in [6.45, 7) is 3.36. The number of hydrogen-bond donors (Lipinski definition) is 3. The topological polar surface area (TPSA) is 167 Å². The van der Waals surface area contributed by atoms with Crippen molar-refractivity contribution in [2.24, 2.45) is 5.73 Å². The van der Waals surface area contributed by atoms with Gasteiger partial charge in [0.1, 0.15) is 23.7 Å². The van der Waals surface area contributed by atoms with E-state index in [0.717, 1.165) is 4.90 Å². The van der Waals surface area contributed by atoms with Gasteiger partial charge in [-0.3, -0.25) is 24.1 Å². The molecule has 0 aliphatic heterocycles. The highest BCUT2D eigenvalue weighted by atomic mass is 32.1. The number of nitrogen functional groups attached to an aromatic ring is 1. The highest BCUT2D eigenvalue weighted by molar-refractivity contribution is 7.09. The van der Waals surface area contributed by atoms with Gasteiger partial charge in [0.2, 0.25) is 5.91 Å². The first kappa shape index (κ1) is 23.6. The zero-order chi connectivity index (χ0) is 23.0. The van der Waals surface area contributed by atoms with Crippen LogP contribution in [0, 0.1) is 0 Å². The lowest BCUT2D eigenvalue weighted by Gasteiger charge is -2.22. The van der Waals surface area contributed by atoms with Crippen LogP contribution in [-0.4, -0.2) is 54.4 Å². The number of carbonyl (C=O) groups is 4. The highest BCUT2D eigenvalue weighted by Crippen LogP contribution is 2.27. The average molecular weight is 449 g/mol. The van der Waals surface area contributed by atoms with Crippen LogP contribution >= 0.6 is 11.5 Å². The molecular weight excluding hydrogens is 426 g/mol. The molecule has 5 N–H and O–H groups in total. The zero-order valence-corrected chi connectivity index (χ0v) is 17.9. The second-order valence-corrected chi connectivity index (χ2v) is 6.81. The van der Waals surface area contributed by atoms with Crippen LogP contribution in [0.2, 0.25) is 0 Å². The fraction of sp³-hybridized carbons (Fsp3) is 0.316. The first-order chi connectivity index (χ1) is 14.8. The van der Waals surface area contributed by atoms with Crippen LogP contribution in [0.25, 0.3) is 0 Å². The van der Waals surface area contributed by atoms with Crippen molar-refractivity contribution in [3.05, 3.63) is 34.8 Å². The summed E-state index contributed by atoms with van der Waals surface area (Å²) in [5.74, 6) is -2.15. The second-order valence-electron chi connectivity index (χ2n) is 6.04. The molecule has 166 valence electrons. The van der Waals surface area contributed by atoms with Crippen molar-refractivity contribution < 1.29 is 28.7 Å². The van der Waals surface area contributed by atoms with Crippen molar-refractivity contribution in [1.82, 2.24) is 9.69 Å². The Labute approximate surface area is 182 Å². The molecule has 0 atom stereocenters. The number of amides is 3. The summed E-state index contributed by atoms with van der Waals surface area (Å²) in [6.07, 6.45) is 0. The third kappa shape index (κ3) is 6.15. The van der Waals surface area contributed by atoms with Crippen molar-refractivity contribution in [1.29, 1.82) is 0 Å². The Bertz CT molecular complexity index is 959. The van der Waals surface area contributed by atoms with Gasteiger partial charge in [-0.15, -0.1) is 0 Å². The normalized spacial score (nSPS) is 10.3. The maximum absolute atomic E-state index is 13.2. The fourth-order valence-corrected chi connectivity index (χ4v) is 3.26. The molecular formula is C19H23N5O6S. The summed E-state index contributed by atoms with van der Waals surface area (Å²) >= 11 is 0.701. The minimum absolute atomic E-state index is 0.0409. The maximum Gasteiger partial charge on any atom is 0.325 e. The lowest BCUT2D eigenvalue weighted by Crippen LogP contribution is -2.42. The smallest absolute Gasteiger partial charge is 0.325 e. The van der Waals surface area contributed by atoms with Crippen LogP contribution in [0.1, 0.15) is 34.0 Å². The van der Waals surface area contributed by atoms with Gasteiger partial charge < -0.3 is 26.3 Å². The Morgan fingerprint density at radius 2 is 1.81 bits per heavy atom. The van der Waals surface area contributed by atoms with E-state index in [1.807, 2.05) is 6.92 Å². The Balaban J connectivity index is 2.29. The van der Waals surface area contributed by atoms with Gasteiger partial charge in [0, 0.05) is 5.69 Å². The number of primary amides is 1. The van der Waals surface area contributed by atoms with Gasteiger partial charge in [-0.2, -0.15) is 4.37 Å². The number of esters is 1. The molecule has 0 radical (unpaired) electrons. The average Bonchev–Trinajstić information content (AvgIpc) is 3.13. The van der Waals surface area contributed by atoms with Crippen LogP contribution in [0.15, 0.2) is 24.3 Å². The van der Waals surface area contributed by atoms with E-state index in [9.17, 15) is 19.2 Å². The van der Waals surface area contributed by atoms with Gasteiger partial charge in [0.05, 0.1) is 18.9 Å². The van der Waals surface area contributed by atoms with Gasteiger partial charge in [-0.25, -0.2) is 0 Å². The number of rotatable bonds is 10. The summed E-state index contributed by atoms with van der Waals surface area (Å²) in [5, 5.41) is 2.39. The molecule has 0 spiro atoms. The summed E-state index contributed by atoms with van der Waals surface area (Å²) in [4.78, 5) is 49.5. The summed E-state index contributed by atoms with van der Waals surface area (Å²) < 4.78 is 14.0. The molecule has 1 aromatic carbocycles. The van der Waals surface area contributed by atoms with Crippen molar-refractivity contribution in [2.75, 3.05) is 36.9 Å². The van der Waals surface area contributed by atoms with E-state index in [1.54, 1.807) is 31.2 Å². The molecule has 0 aliphatic rings. The Kier molecular flexibility index (Phi) is 8.32. The third-order valence-electron chi connectivity index (χ3n) is 3.90. The number of benzene rings is 1. The summed E-state index contributed by atoms with van der Waals surface area (Å²) in [5.41, 5.74) is 11.1. The minimum atomic E-state index is -0.868. The number of ether oxygens (including phenoxy) is 2. The number of nitrogens with zero attached hydrogens (tertiary/aromatic N) is 2. The Morgan fingerprint density at radius 3 is 2.35 bits per heavy atom. The molecule has 0 unspecified atom stereocenters. The fourth-order valence-electron chi connectivity index (χ4n) is 2.50. The van der Waals surface area contributed by atoms with E-state index in [2.05, 4.69) is 9.69 Å². The summed E-state index contributed by atoms with van der Waals surface area (Å²) in [6, 6.07) is 6.46. The van der Waals surface area contributed by atoms with Crippen molar-refractivity contribution >= 4 is 46.6 Å². The first-order valence-corrected chi connectivity index (χ1v) is 10.1. The Hall–Kier alpha value is -3.67. The molecule has 1 heterocycles. The summed E-state index contributed by atoms with van der Waals surface area (Å²) in [7, 11) is 0. The van der Waals surface area contributed by atoms with Gasteiger partial charge in [-0.1, -0.05) is 0 Å². The molecule has 0 bridgehead atoms. The number of anilines is 2. The SMILES string of the molecule is CCOC(=O)CNC(=O)CN(C(=O)c1snc(C(N)=O)c1N)c1ccc(OCC)cc1. The number of nitrogens with two attached hydrogens (primary N) is 2. The maximum atomic E-state index is 13.2. The van der Waals surface area contributed by atoms with Gasteiger partial charge in [0.25, 0.3) is 11.8 Å². The van der Waals surface area contributed by atoms with Gasteiger partial charge in [0.15, 0.2) is 5.69 Å². The van der Waals surface area contributed by atoms with E-state index in [1.165, 1.54) is 0 Å². The molecule has 11 nitrogen and oxygen atoms in total. The molecule has 3 amide bonds. The van der Waals surface area contributed by atoms with Crippen LogP contribution < -0.4 is 26.4 Å². The molecule has 0 saturated carbocycles. The molecule has 31 heavy (non-hydrogen) atoms. The number of carbonyl (C=O) groups excluding carboxylic acids is 4. The lowest BCUT2D eigenvalue weighted by atomic mass is 10.2. The zero-order valence-electron chi connectivity index (χ0n) is 17.0. The predicted molar refractivity (Wildman–Crippen MR) is 114 cm³/mol. The van der Waals surface area contributed by atoms with Crippen LogP contribution in [0.3, 0.4) is 0 Å². The monoisotopic (exact) mass is 449 g/mol. The standard InChI is InChI=1S/C19H23N5O6S/c1-3-29-12-7-5-11(6-8-12)24(10-13(25)22-9-14(26)30-4-2)19(28)17-15(20)16(18(21)27)23-31-17/h5-8H,3-4,9-10,20H2,1-2H3,(H2,21,27)(H,22,25). The van der Waals surface area contributed by atoms with Crippen molar-refractivity contribution in [3.8, 4) is 5.75 Å². The molecule has 2 aromatic rings. The first-order valence-electron chi connectivity index (χ1n) is 9.30. The number of hydrogen-bond acceptors (Lipinski definition) is 9.